The quantitative estimate of drug-likeness (QED) is 0.780. The minimum Gasteiger partial charge on any atom is -0.334 e. The monoisotopic (exact) mass is 368 g/mol. The van der Waals surface area contributed by atoms with Gasteiger partial charge in [-0.05, 0) is 74.2 Å². The molecule has 2 aliphatic heterocycles. The number of rotatable bonds is 4. The highest BCUT2D eigenvalue weighted by Crippen LogP contribution is 2.25. The number of halogens is 1. The Bertz CT molecular complexity index is 768. The molecule has 0 radical (unpaired) electrons. The van der Waals surface area contributed by atoms with Gasteiger partial charge in [0.1, 0.15) is 0 Å². The molecule has 0 saturated carbocycles. The summed E-state index contributed by atoms with van der Waals surface area (Å²) in [5.41, 5.74) is 2.94. The lowest BCUT2D eigenvalue weighted by atomic mass is 10.0. The molecule has 4 heteroatoms. The van der Waals surface area contributed by atoms with Gasteiger partial charge in [0, 0.05) is 29.7 Å². The van der Waals surface area contributed by atoms with Gasteiger partial charge in [-0.1, -0.05) is 35.9 Å². The molecule has 136 valence electrons. The van der Waals surface area contributed by atoms with Crippen molar-refractivity contribution in [1.82, 2.24) is 9.80 Å². The van der Waals surface area contributed by atoms with Crippen LogP contribution in [0.15, 0.2) is 48.5 Å². The summed E-state index contributed by atoms with van der Waals surface area (Å²) in [4.78, 5) is 17.6. The number of hydrogen-bond donors (Lipinski definition) is 0. The molecule has 0 aromatic heterocycles. The van der Waals surface area contributed by atoms with Crippen LogP contribution in [0.3, 0.4) is 0 Å². The van der Waals surface area contributed by atoms with Gasteiger partial charge in [0.25, 0.3) is 5.91 Å². The average Bonchev–Trinajstić information content (AvgIpc) is 3.34. The normalized spacial score (nSPS) is 20.7. The van der Waals surface area contributed by atoms with Crippen LogP contribution in [-0.4, -0.2) is 47.9 Å². The molecule has 0 N–H and O–H groups in total. The van der Waals surface area contributed by atoms with Crippen LogP contribution in [0.25, 0.3) is 11.1 Å². The van der Waals surface area contributed by atoms with E-state index in [1.807, 2.05) is 48.5 Å². The Morgan fingerprint density at radius 3 is 2.46 bits per heavy atom. The van der Waals surface area contributed by atoms with Gasteiger partial charge in [0.05, 0.1) is 0 Å². The summed E-state index contributed by atoms with van der Waals surface area (Å²) in [6, 6.07) is 16.1. The van der Waals surface area contributed by atoms with Gasteiger partial charge in [0.15, 0.2) is 0 Å². The van der Waals surface area contributed by atoms with E-state index in [4.69, 9.17) is 11.6 Å². The molecular weight excluding hydrogens is 344 g/mol. The third-order valence-electron chi connectivity index (χ3n) is 5.60. The molecule has 2 aromatic rings. The van der Waals surface area contributed by atoms with Crippen molar-refractivity contribution in [2.45, 2.75) is 31.7 Å². The molecule has 3 nitrogen and oxygen atoms in total. The molecule has 2 aromatic carbocycles. The van der Waals surface area contributed by atoms with Crippen LogP contribution in [0.1, 0.15) is 36.0 Å². The first-order valence-corrected chi connectivity index (χ1v) is 9.98. The molecule has 0 spiro atoms. The Balaban J connectivity index is 1.47. The number of carbonyl (C=O) groups is 1. The minimum atomic E-state index is 0.171. The van der Waals surface area contributed by atoms with E-state index in [1.165, 1.54) is 25.9 Å². The smallest absolute Gasteiger partial charge is 0.254 e. The van der Waals surface area contributed by atoms with E-state index >= 15 is 0 Å². The van der Waals surface area contributed by atoms with Crippen LogP contribution in [-0.2, 0) is 0 Å². The molecule has 0 unspecified atom stereocenters. The third kappa shape index (κ3) is 3.79. The summed E-state index contributed by atoms with van der Waals surface area (Å²) in [7, 11) is 0. The number of nitrogens with zero attached hydrogens (tertiary/aromatic N) is 2. The maximum atomic E-state index is 13.0. The third-order valence-corrected chi connectivity index (χ3v) is 5.83. The second-order valence-corrected chi connectivity index (χ2v) is 7.83. The van der Waals surface area contributed by atoms with Crippen LogP contribution in [0.5, 0.6) is 0 Å². The first kappa shape index (κ1) is 17.6. The Labute approximate surface area is 160 Å². The van der Waals surface area contributed by atoms with Gasteiger partial charge in [-0.25, -0.2) is 0 Å². The molecule has 2 heterocycles. The first-order valence-electron chi connectivity index (χ1n) is 9.60. The van der Waals surface area contributed by atoms with Crippen LogP contribution >= 0.6 is 11.6 Å². The van der Waals surface area contributed by atoms with Crippen LogP contribution in [0.2, 0.25) is 5.02 Å². The van der Waals surface area contributed by atoms with E-state index < -0.39 is 0 Å². The summed E-state index contributed by atoms with van der Waals surface area (Å²) in [5.74, 6) is 0.171. The summed E-state index contributed by atoms with van der Waals surface area (Å²) in [6.07, 6.45) is 4.84. The maximum absolute atomic E-state index is 13.0. The lowest BCUT2D eigenvalue weighted by molar-refractivity contribution is 0.0709. The number of hydrogen-bond acceptors (Lipinski definition) is 2. The molecule has 0 bridgehead atoms. The Hall–Kier alpha value is -1.84. The van der Waals surface area contributed by atoms with Crippen molar-refractivity contribution in [3.63, 3.8) is 0 Å². The number of benzene rings is 2. The van der Waals surface area contributed by atoms with Gasteiger partial charge in [-0.15, -0.1) is 0 Å². The zero-order valence-corrected chi connectivity index (χ0v) is 15.8. The Kier molecular flexibility index (Phi) is 5.28. The fourth-order valence-corrected chi connectivity index (χ4v) is 4.39. The highest BCUT2D eigenvalue weighted by atomic mass is 35.5. The molecule has 2 saturated heterocycles. The van der Waals surface area contributed by atoms with Gasteiger partial charge in [-0.2, -0.15) is 0 Å². The molecule has 26 heavy (non-hydrogen) atoms. The number of likely N-dealkylation sites (tertiary alicyclic amines) is 2. The number of carbonyl (C=O) groups excluding carboxylic acids is 1. The number of amides is 1. The fraction of sp³-hybridized carbons (Fsp3) is 0.409. The van der Waals surface area contributed by atoms with Crippen molar-refractivity contribution >= 4 is 17.5 Å². The molecule has 1 atom stereocenters. The van der Waals surface area contributed by atoms with Gasteiger partial charge < -0.3 is 9.80 Å². The molecular formula is C22H25ClN2O. The summed E-state index contributed by atoms with van der Waals surface area (Å²) in [5, 5.41) is 0.726. The second kappa shape index (κ2) is 7.81. The summed E-state index contributed by atoms with van der Waals surface area (Å²) >= 11 is 6.08. The topological polar surface area (TPSA) is 23.6 Å². The van der Waals surface area contributed by atoms with Gasteiger partial charge in [-0.3, -0.25) is 4.79 Å². The molecule has 0 aliphatic carbocycles. The van der Waals surface area contributed by atoms with E-state index in [2.05, 4.69) is 9.80 Å². The Morgan fingerprint density at radius 1 is 0.962 bits per heavy atom. The van der Waals surface area contributed by atoms with Crippen molar-refractivity contribution in [3.05, 3.63) is 59.1 Å². The standard InChI is InChI=1S/C22H25ClN2O/c23-20-6-3-5-19(15-20)17-8-10-18(11-9-17)22(26)25-14-4-7-21(25)16-24-12-1-2-13-24/h3,5-6,8-11,15,21H,1-2,4,7,12-14,16H2/t21-/m0/s1. The Morgan fingerprint density at radius 2 is 1.73 bits per heavy atom. The second-order valence-electron chi connectivity index (χ2n) is 7.39. The largest absolute Gasteiger partial charge is 0.334 e. The van der Waals surface area contributed by atoms with E-state index in [-0.39, 0.29) is 5.91 Å². The lowest BCUT2D eigenvalue weighted by Crippen LogP contribution is -2.42. The summed E-state index contributed by atoms with van der Waals surface area (Å²) < 4.78 is 0. The van der Waals surface area contributed by atoms with Gasteiger partial charge >= 0.3 is 0 Å². The minimum absolute atomic E-state index is 0.171. The highest BCUT2D eigenvalue weighted by molar-refractivity contribution is 6.30. The van der Waals surface area contributed by atoms with Gasteiger partial charge in [0.2, 0.25) is 0 Å². The van der Waals surface area contributed by atoms with Crippen molar-refractivity contribution in [1.29, 1.82) is 0 Å². The predicted octanol–water partition coefficient (Wildman–Crippen LogP) is 4.71. The van der Waals surface area contributed by atoms with Crippen LogP contribution < -0.4 is 0 Å². The van der Waals surface area contributed by atoms with E-state index in [0.29, 0.717) is 6.04 Å². The van der Waals surface area contributed by atoms with Crippen LogP contribution in [0.4, 0.5) is 0 Å². The van der Waals surface area contributed by atoms with Crippen molar-refractivity contribution in [2.24, 2.45) is 0 Å². The zero-order valence-electron chi connectivity index (χ0n) is 15.0. The lowest BCUT2D eigenvalue weighted by Gasteiger charge is -2.28. The van der Waals surface area contributed by atoms with E-state index in [0.717, 1.165) is 47.6 Å². The van der Waals surface area contributed by atoms with Crippen LogP contribution in [0, 0.1) is 0 Å². The van der Waals surface area contributed by atoms with E-state index in [9.17, 15) is 4.79 Å². The molecule has 2 aliphatic rings. The molecule has 4 rings (SSSR count). The van der Waals surface area contributed by atoms with Crippen molar-refractivity contribution < 1.29 is 4.79 Å². The average molecular weight is 369 g/mol. The van der Waals surface area contributed by atoms with Crippen molar-refractivity contribution in [3.8, 4) is 11.1 Å². The molecule has 1 amide bonds. The zero-order chi connectivity index (χ0) is 17.9. The highest BCUT2D eigenvalue weighted by Gasteiger charge is 2.31. The maximum Gasteiger partial charge on any atom is 0.254 e. The van der Waals surface area contributed by atoms with E-state index in [1.54, 1.807) is 0 Å². The summed E-state index contributed by atoms with van der Waals surface area (Å²) in [6.45, 7) is 4.29. The fourth-order valence-electron chi connectivity index (χ4n) is 4.20. The SMILES string of the molecule is O=C(c1ccc(-c2cccc(Cl)c2)cc1)N1CCC[C@H]1CN1CCCC1. The van der Waals surface area contributed by atoms with Crippen molar-refractivity contribution in [2.75, 3.05) is 26.2 Å². The first-order chi connectivity index (χ1) is 12.7. The molecule has 2 fully saturated rings. The predicted molar refractivity (Wildman–Crippen MR) is 107 cm³/mol.